The number of nitrogens with one attached hydrogen (secondary N) is 2. The fourth-order valence-electron chi connectivity index (χ4n) is 3.30. The number of hydrogen-bond donors (Lipinski definition) is 2. The third kappa shape index (κ3) is 6.06. The number of guanidine groups is 1. The number of rotatable bonds is 6. The Morgan fingerprint density at radius 2 is 2.15 bits per heavy atom. The van der Waals surface area contributed by atoms with E-state index >= 15 is 0 Å². The highest BCUT2D eigenvalue weighted by Crippen LogP contribution is 2.26. The molecule has 1 aromatic heterocycles. The molecule has 1 amide bonds. The minimum Gasteiger partial charge on any atom is -0.370 e. The van der Waals surface area contributed by atoms with Crippen LogP contribution in [0.15, 0.2) is 17.4 Å². The van der Waals surface area contributed by atoms with Crippen LogP contribution in [-0.2, 0) is 16.6 Å². The average Bonchev–Trinajstić information content (AvgIpc) is 3.03. The fourth-order valence-corrected chi connectivity index (χ4v) is 3.30. The predicted octanol–water partition coefficient (Wildman–Crippen LogP) is 1.29. The summed E-state index contributed by atoms with van der Waals surface area (Å²) in [6.07, 6.45) is 8.03. The van der Waals surface area contributed by atoms with Crippen molar-refractivity contribution in [3.05, 3.63) is 18.0 Å². The summed E-state index contributed by atoms with van der Waals surface area (Å²) in [5, 5.41) is 10.6. The second-order valence-corrected chi connectivity index (χ2v) is 7.00. The fraction of sp³-hybridized carbons (Fsp3) is 0.722. The Kier molecular flexibility index (Phi) is 8.81. The SMILES string of the molecule is CN=C(NCCCNC(=O)C1CCC1)N1CCOC(c2cnn(C)c2)C1.I. The van der Waals surface area contributed by atoms with Gasteiger partial charge in [-0.3, -0.25) is 14.5 Å². The molecule has 27 heavy (non-hydrogen) atoms. The van der Waals surface area contributed by atoms with Gasteiger partial charge in [-0.2, -0.15) is 5.10 Å². The second kappa shape index (κ2) is 10.8. The Hall–Kier alpha value is -1.36. The number of halogens is 1. The van der Waals surface area contributed by atoms with E-state index in [0.29, 0.717) is 13.2 Å². The molecular weight excluding hydrogens is 459 g/mol. The number of aromatic nitrogens is 2. The van der Waals surface area contributed by atoms with Gasteiger partial charge in [-0.1, -0.05) is 6.42 Å². The molecule has 1 aliphatic heterocycles. The number of aryl methyl sites for hydroxylation is 1. The van der Waals surface area contributed by atoms with Crippen LogP contribution in [0.5, 0.6) is 0 Å². The second-order valence-electron chi connectivity index (χ2n) is 7.00. The molecule has 0 bridgehead atoms. The van der Waals surface area contributed by atoms with Crippen LogP contribution in [0.2, 0.25) is 0 Å². The van der Waals surface area contributed by atoms with Crippen LogP contribution in [-0.4, -0.2) is 66.4 Å². The van der Waals surface area contributed by atoms with Gasteiger partial charge in [0.15, 0.2) is 5.96 Å². The lowest BCUT2D eigenvalue weighted by molar-refractivity contribution is -0.127. The van der Waals surface area contributed by atoms with Crippen molar-refractivity contribution in [2.45, 2.75) is 31.8 Å². The zero-order valence-corrected chi connectivity index (χ0v) is 18.5. The maximum absolute atomic E-state index is 11.8. The monoisotopic (exact) mass is 490 g/mol. The molecule has 2 N–H and O–H groups in total. The van der Waals surface area contributed by atoms with Gasteiger partial charge < -0.3 is 20.3 Å². The molecule has 0 aromatic carbocycles. The van der Waals surface area contributed by atoms with E-state index in [4.69, 9.17) is 4.74 Å². The first kappa shape index (κ1) is 21.9. The lowest BCUT2D eigenvalue weighted by Crippen LogP contribution is -2.48. The maximum Gasteiger partial charge on any atom is 0.223 e. The van der Waals surface area contributed by atoms with Gasteiger partial charge in [0.25, 0.3) is 0 Å². The van der Waals surface area contributed by atoms with Gasteiger partial charge in [0.1, 0.15) is 6.10 Å². The summed E-state index contributed by atoms with van der Waals surface area (Å²) >= 11 is 0. The van der Waals surface area contributed by atoms with Gasteiger partial charge in [-0.05, 0) is 19.3 Å². The molecule has 2 fully saturated rings. The van der Waals surface area contributed by atoms with Crippen molar-refractivity contribution in [2.75, 3.05) is 39.8 Å². The van der Waals surface area contributed by atoms with E-state index in [0.717, 1.165) is 50.4 Å². The molecule has 0 spiro atoms. The minimum absolute atomic E-state index is 0. The number of ether oxygens (including phenoxy) is 1. The zero-order chi connectivity index (χ0) is 18.4. The largest absolute Gasteiger partial charge is 0.370 e. The third-order valence-corrected chi connectivity index (χ3v) is 5.09. The van der Waals surface area contributed by atoms with Crippen LogP contribution >= 0.6 is 24.0 Å². The number of aliphatic imine (C=N–C) groups is 1. The molecule has 1 saturated heterocycles. The van der Waals surface area contributed by atoms with Crippen molar-refractivity contribution < 1.29 is 9.53 Å². The van der Waals surface area contributed by atoms with E-state index in [1.807, 2.05) is 19.4 Å². The molecule has 1 atom stereocenters. The van der Waals surface area contributed by atoms with Crippen LogP contribution in [0.4, 0.5) is 0 Å². The summed E-state index contributed by atoms with van der Waals surface area (Å²) in [7, 11) is 3.71. The molecule has 2 heterocycles. The molecule has 1 saturated carbocycles. The topological polar surface area (TPSA) is 83.8 Å². The summed E-state index contributed by atoms with van der Waals surface area (Å²) in [6, 6.07) is 0. The van der Waals surface area contributed by atoms with Gasteiger partial charge in [0.2, 0.25) is 5.91 Å². The van der Waals surface area contributed by atoms with Crippen molar-refractivity contribution in [2.24, 2.45) is 18.0 Å². The first-order valence-electron chi connectivity index (χ1n) is 9.51. The standard InChI is InChI=1S/C18H30N6O2.HI/c1-19-18(21-8-4-7-20-17(25)14-5-3-6-14)24-9-10-26-16(13-24)15-11-22-23(2)12-15;/h11-12,14,16H,3-10,13H2,1-2H3,(H,19,21)(H,20,25);1H. The van der Waals surface area contributed by atoms with Gasteiger partial charge in [0.05, 0.1) is 19.3 Å². The lowest BCUT2D eigenvalue weighted by Gasteiger charge is -2.34. The van der Waals surface area contributed by atoms with Crippen molar-refractivity contribution >= 4 is 35.8 Å². The highest BCUT2D eigenvalue weighted by atomic mass is 127. The normalized spacial score (nSPS) is 20.6. The van der Waals surface area contributed by atoms with Gasteiger partial charge >= 0.3 is 0 Å². The Morgan fingerprint density at radius 3 is 2.78 bits per heavy atom. The van der Waals surface area contributed by atoms with Crippen molar-refractivity contribution in [3.63, 3.8) is 0 Å². The quantitative estimate of drug-likeness (QED) is 0.272. The Labute approximate surface area is 178 Å². The van der Waals surface area contributed by atoms with Gasteiger partial charge in [0, 0.05) is 51.4 Å². The van der Waals surface area contributed by atoms with E-state index in [2.05, 4.69) is 25.6 Å². The smallest absolute Gasteiger partial charge is 0.223 e. The van der Waals surface area contributed by atoms with E-state index < -0.39 is 0 Å². The van der Waals surface area contributed by atoms with E-state index in [-0.39, 0.29) is 41.9 Å². The van der Waals surface area contributed by atoms with Crippen molar-refractivity contribution in [1.82, 2.24) is 25.3 Å². The minimum atomic E-state index is 0. The molecular formula is C18H31IN6O2. The number of amides is 1. The zero-order valence-electron chi connectivity index (χ0n) is 16.2. The maximum atomic E-state index is 11.8. The first-order valence-corrected chi connectivity index (χ1v) is 9.51. The molecule has 1 aromatic rings. The number of nitrogens with zero attached hydrogens (tertiary/aromatic N) is 4. The summed E-state index contributed by atoms with van der Waals surface area (Å²) in [5.74, 6) is 1.36. The van der Waals surface area contributed by atoms with Crippen molar-refractivity contribution in [1.29, 1.82) is 0 Å². The highest BCUT2D eigenvalue weighted by Gasteiger charge is 2.26. The summed E-state index contributed by atoms with van der Waals surface area (Å²) in [5.41, 5.74) is 1.09. The Morgan fingerprint density at radius 1 is 1.37 bits per heavy atom. The average molecular weight is 490 g/mol. The number of carbonyl (C=O) groups is 1. The predicted molar refractivity (Wildman–Crippen MR) is 115 cm³/mol. The molecule has 9 heteroatoms. The van der Waals surface area contributed by atoms with Crippen LogP contribution in [0.3, 0.4) is 0 Å². The van der Waals surface area contributed by atoms with Crippen LogP contribution in [0.1, 0.15) is 37.4 Å². The highest BCUT2D eigenvalue weighted by molar-refractivity contribution is 14.0. The number of carbonyl (C=O) groups excluding carboxylic acids is 1. The Balaban J connectivity index is 0.00000261. The van der Waals surface area contributed by atoms with E-state index in [1.54, 1.807) is 11.7 Å². The lowest BCUT2D eigenvalue weighted by atomic mass is 9.85. The summed E-state index contributed by atoms with van der Waals surface area (Å²) in [6.45, 7) is 3.73. The van der Waals surface area contributed by atoms with Crippen LogP contribution in [0, 0.1) is 5.92 Å². The molecule has 1 aliphatic carbocycles. The number of hydrogen-bond acceptors (Lipinski definition) is 4. The summed E-state index contributed by atoms with van der Waals surface area (Å²) < 4.78 is 7.68. The molecule has 3 rings (SSSR count). The molecule has 2 aliphatic rings. The van der Waals surface area contributed by atoms with Gasteiger partial charge in [-0.15, -0.1) is 24.0 Å². The molecule has 1 unspecified atom stereocenters. The Bertz CT molecular complexity index is 631. The van der Waals surface area contributed by atoms with E-state index in [1.165, 1.54) is 6.42 Å². The van der Waals surface area contributed by atoms with Crippen LogP contribution in [0.25, 0.3) is 0 Å². The van der Waals surface area contributed by atoms with Crippen LogP contribution < -0.4 is 10.6 Å². The molecule has 152 valence electrons. The van der Waals surface area contributed by atoms with Crippen molar-refractivity contribution in [3.8, 4) is 0 Å². The van der Waals surface area contributed by atoms with Gasteiger partial charge in [-0.25, -0.2) is 0 Å². The summed E-state index contributed by atoms with van der Waals surface area (Å²) in [4.78, 5) is 18.4. The molecule has 0 radical (unpaired) electrons. The third-order valence-electron chi connectivity index (χ3n) is 5.09. The first-order chi connectivity index (χ1) is 12.7. The molecule has 8 nitrogen and oxygen atoms in total. The number of morpholine rings is 1. The van der Waals surface area contributed by atoms with E-state index in [9.17, 15) is 4.79 Å².